The molecule has 0 bridgehead atoms. The number of amides is 1. The van der Waals surface area contributed by atoms with Crippen molar-refractivity contribution in [2.45, 2.75) is 20.5 Å². The van der Waals surface area contributed by atoms with Gasteiger partial charge in [-0.1, -0.05) is 32.0 Å². The standard InChI is InChI=1S/C14H21NO3/c1-14(2,10-16)9-15-13(17)12-7-5-4-6-11(12)8-18-3/h4-7,16H,8-10H2,1-3H3,(H,15,17). The summed E-state index contributed by atoms with van der Waals surface area (Å²) in [6, 6.07) is 7.35. The Morgan fingerprint density at radius 1 is 1.39 bits per heavy atom. The maximum absolute atomic E-state index is 12.1. The molecule has 1 aromatic rings. The second-order valence-corrected chi connectivity index (χ2v) is 5.10. The van der Waals surface area contributed by atoms with E-state index in [1.807, 2.05) is 32.0 Å². The molecule has 18 heavy (non-hydrogen) atoms. The second-order valence-electron chi connectivity index (χ2n) is 5.10. The zero-order chi connectivity index (χ0) is 13.6. The number of nitrogens with one attached hydrogen (secondary N) is 1. The van der Waals surface area contributed by atoms with Gasteiger partial charge >= 0.3 is 0 Å². The fraction of sp³-hybridized carbons (Fsp3) is 0.500. The third kappa shape index (κ3) is 4.13. The van der Waals surface area contributed by atoms with Crippen LogP contribution >= 0.6 is 0 Å². The predicted molar refractivity (Wildman–Crippen MR) is 70.4 cm³/mol. The minimum absolute atomic E-state index is 0.0347. The molecule has 0 saturated heterocycles. The van der Waals surface area contributed by atoms with Crippen molar-refractivity contribution in [2.24, 2.45) is 5.41 Å². The maximum atomic E-state index is 12.1. The van der Waals surface area contributed by atoms with Crippen LogP contribution in [-0.4, -0.2) is 31.3 Å². The van der Waals surface area contributed by atoms with Gasteiger partial charge in [0.2, 0.25) is 0 Å². The van der Waals surface area contributed by atoms with Crippen LogP contribution in [0.2, 0.25) is 0 Å². The molecule has 1 amide bonds. The van der Waals surface area contributed by atoms with E-state index in [0.717, 1.165) is 5.56 Å². The molecule has 0 aromatic heterocycles. The first-order valence-electron chi connectivity index (χ1n) is 5.96. The Balaban J connectivity index is 2.72. The van der Waals surface area contributed by atoms with Crippen LogP contribution in [0.1, 0.15) is 29.8 Å². The highest BCUT2D eigenvalue weighted by Gasteiger charge is 2.18. The average molecular weight is 251 g/mol. The number of hydrogen-bond donors (Lipinski definition) is 2. The smallest absolute Gasteiger partial charge is 0.251 e. The molecule has 2 N–H and O–H groups in total. The maximum Gasteiger partial charge on any atom is 0.251 e. The zero-order valence-electron chi connectivity index (χ0n) is 11.2. The van der Waals surface area contributed by atoms with Crippen LogP contribution in [-0.2, 0) is 11.3 Å². The van der Waals surface area contributed by atoms with Crippen molar-refractivity contribution in [1.82, 2.24) is 5.32 Å². The number of rotatable bonds is 6. The highest BCUT2D eigenvalue weighted by Crippen LogP contribution is 2.13. The molecule has 4 heteroatoms. The molecular weight excluding hydrogens is 230 g/mol. The van der Waals surface area contributed by atoms with Crippen molar-refractivity contribution in [3.05, 3.63) is 35.4 Å². The number of hydrogen-bond acceptors (Lipinski definition) is 3. The molecular formula is C14H21NO3. The number of benzene rings is 1. The van der Waals surface area contributed by atoms with E-state index in [0.29, 0.717) is 18.7 Å². The van der Waals surface area contributed by atoms with Crippen LogP contribution in [0, 0.1) is 5.41 Å². The van der Waals surface area contributed by atoms with Gasteiger partial charge < -0.3 is 15.2 Å². The number of methoxy groups -OCH3 is 1. The molecule has 0 spiro atoms. The quantitative estimate of drug-likeness (QED) is 0.807. The van der Waals surface area contributed by atoms with Gasteiger partial charge in [0.25, 0.3) is 5.91 Å². The highest BCUT2D eigenvalue weighted by molar-refractivity contribution is 5.95. The third-order valence-corrected chi connectivity index (χ3v) is 2.72. The molecule has 0 radical (unpaired) electrons. The minimum atomic E-state index is -0.314. The summed E-state index contributed by atoms with van der Waals surface area (Å²) in [5.74, 6) is -0.135. The zero-order valence-corrected chi connectivity index (χ0v) is 11.2. The van der Waals surface area contributed by atoms with E-state index in [9.17, 15) is 4.79 Å². The normalized spacial score (nSPS) is 11.3. The van der Waals surface area contributed by atoms with Gasteiger partial charge in [0.15, 0.2) is 0 Å². The Kier molecular flexibility index (Phi) is 5.31. The summed E-state index contributed by atoms with van der Waals surface area (Å²) in [6.07, 6.45) is 0. The molecule has 1 rings (SSSR count). The molecule has 0 heterocycles. The summed E-state index contributed by atoms with van der Waals surface area (Å²) in [5, 5.41) is 12.0. The number of carbonyl (C=O) groups is 1. The molecule has 100 valence electrons. The molecule has 4 nitrogen and oxygen atoms in total. The Bertz CT molecular complexity index is 402. The lowest BCUT2D eigenvalue weighted by molar-refractivity contribution is 0.0906. The molecule has 0 aliphatic rings. The van der Waals surface area contributed by atoms with Crippen molar-refractivity contribution in [3.8, 4) is 0 Å². The van der Waals surface area contributed by atoms with Crippen LogP contribution in [0.25, 0.3) is 0 Å². The van der Waals surface area contributed by atoms with Gasteiger partial charge in [-0.3, -0.25) is 4.79 Å². The summed E-state index contributed by atoms with van der Waals surface area (Å²) < 4.78 is 5.07. The summed E-state index contributed by atoms with van der Waals surface area (Å²) in [4.78, 5) is 12.1. The lowest BCUT2D eigenvalue weighted by Crippen LogP contribution is -2.36. The van der Waals surface area contributed by atoms with Crippen LogP contribution in [0.15, 0.2) is 24.3 Å². The third-order valence-electron chi connectivity index (χ3n) is 2.72. The topological polar surface area (TPSA) is 58.6 Å². The Hall–Kier alpha value is -1.39. The second kappa shape index (κ2) is 6.52. The lowest BCUT2D eigenvalue weighted by Gasteiger charge is -2.22. The fourth-order valence-electron chi connectivity index (χ4n) is 1.49. The Morgan fingerprint density at radius 2 is 2.06 bits per heavy atom. The first-order chi connectivity index (χ1) is 8.50. The lowest BCUT2D eigenvalue weighted by atomic mass is 9.95. The number of aliphatic hydroxyl groups excluding tert-OH is 1. The van der Waals surface area contributed by atoms with E-state index in [1.165, 1.54) is 0 Å². The van der Waals surface area contributed by atoms with E-state index in [4.69, 9.17) is 9.84 Å². The number of aliphatic hydroxyl groups is 1. The summed E-state index contributed by atoms with van der Waals surface area (Å²) in [6.45, 7) is 4.67. The first-order valence-corrected chi connectivity index (χ1v) is 5.96. The van der Waals surface area contributed by atoms with Crippen molar-refractivity contribution in [1.29, 1.82) is 0 Å². The predicted octanol–water partition coefficient (Wildman–Crippen LogP) is 1.58. The number of ether oxygens (including phenoxy) is 1. The molecule has 1 aromatic carbocycles. The fourth-order valence-corrected chi connectivity index (χ4v) is 1.49. The highest BCUT2D eigenvalue weighted by atomic mass is 16.5. The van der Waals surface area contributed by atoms with E-state index < -0.39 is 0 Å². The van der Waals surface area contributed by atoms with E-state index in [2.05, 4.69) is 5.32 Å². The monoisotopic (exact) mass is 251 g/mol. The van der Waals surface area contributed by atoms with Crippen molar-refractivity contribution in [3.63, 3.8) is 0 Å². The van der Waals surface area contributed by atoms with Gasteiger partial charge in [0, 0.05) is 31.2 Å². The van der Waals surface area contributed by atoms with Crippen molar-refractivity contribution >= 4 is 5.91 Å². The average Bonchev–Trinajstić information content (AvgIpc) is 2.37. The number of carbonyl (C=O) groups excluding carboxylic acids is 1. The molecule has 0 aliphatic carbocycles. The van der Waals surface area contributed by atoms with E-state index >= 15 is 0 Å². The van der Waals surface area contributed by atoms with Gasteiger partial charge in [0.1, 0.15) is 0 Å². The Morgan fingerprint density at radius 3 is 2.67 bits per heavy atom. The molecule has 0 aliphatic heterocycles. The van der Waals surface area contributed by atoms with E-state index in [-0.39, 0.29) is 17.9 Å². The molecule has 0 atom stereocenters. The SMILES string of the molecule is COCc1ccccc1C(=O)NCC(C)(C)CO. The van der Waals surface area contributed by atoms with Crippen LogP contribution in [0.4, 0.5) is 0 Å². The van der Waals surface area contributed by atoms with Gasteiger partial charge in [-0.25, -0.2) is 0 Å². The first kappa shape index (κ1) is 14.7. The largest absolute Gasteiger partial charge is 0.396 e. The molecule has 0 saturated carbocycles. The Labute approximate surface area is 108 Å². The summed E-state index contributed by atoms with van der Waals surface area (Å²) in [7, 11) is 1.60. The van der Waals surface area contributed by atoms with Crippen molar-refractivity contribution in [2.75, 3.05) is 20.3 Å². The van der Waals surface area contributed by atoms with Crippen LogP contribution < -0.4 is 5.32 Å². The van der Waals surface area contributed by atoms with Crippen molar-refractivity contribution < 1.29 is 14.6 Å². The van der Waals surface area contributed by atoms with Crippen LogP contribution in [0.5, 0.6) is 0 Å². The minimum Gasteiger partial charge on any atom is -0.396 e. The van der Waals surface area contributed by atoms with Gasteiger partial charge in [-0.2, -0.15) is 0 Å². The van der Waals surface area contributed by atoms with Gasteiger partial charge in [0.05, 0.1) is 6.61 Å². The van der Waals surface area contributed by atoms with Gasteiger partial charge in [-0.05, 0) is 11.6 Å². The van der Waals surface area contributed by atoms with Gasteiger partial charge in [-0.15, -0.1) is 0 Å². The summed E-state index contributed by atoms with van der Waals surface area (Å²) in [5.41, 5.74) is 1.17. The molecule has 0 fully saturated rings. The molecule has 0 unspecified atom stereocenters. The van der Waals surface area contributed by atoms with E-state index in [1.54, 1.807) is 13.2 Å². The summed E-state index contributed by atoms with van der Waals surface area (Å²) >= 11 is 0. The van der Waals surface area contributed by atoms with Crippen LogP contribution in [0.3, 0.4) is 0 Å².